The summed E-state index contributed by atoms with van der Waals surface area (Å²) in [6.45, 7) is 2.86. The van der Waals surface area contributed by atoms with Gasteiger partial charge in [0.1, 0.15) is 11.3 Å². The topological polar surface area (TPSA) is 39.4 Å². The quantitative estimate of drug-likeness (QED) is 0.768. The minimum atomic E-state index is 0.183. The second kappa shape index (κ2) is 5.80. The molecule has 1 atom stereocenters. The van der Waals surface area contributed by atoms with Crippen molar-refractivity contribution in [3.05, 3.63) is 35.6 Å². The lowest BCUT2D eigenvalue weighted by molar-refractivity contribution is 0.0859. The summed E-state index contributed by atoms with van der Waals surface area (Å²) in [6, 6.07) is 7.78. The van der Waals surface area contributed by atoms with E-state index in [4.69, 9.17) is 9.15 Å². The van der Waals surface area contributed by atoms with Crippen molar-refractivity contribution in [3.8, 4) is 0 Å². The monoisotopic (exact) mass is 272 g/mol. The minimum Gasteiger partial charge on any atom is -0.460 e. The van der Waals surface area contributed by atoms with Crippen molar-refractivity contribution < 1.29 is 13.9 Å². The number of Topliss-reactive ketones (excluding diaryl/α,β-unsaturated/α-hetero) is 1. The Balaban J connectivity index is 1.82. The number of para-hydroxylation sites is 1. The summed E-state index contributed by atoms with van der Waals surface area (Å²) >= 11 is 0. The van der Waals surface area contributed by atoms with Crippen LogP contribution in [-0.2, 0) is 11.2 Å². The molecule has 1 fully saturated rings. The van der Waals surface area contributed by atoms with Gasteiger partial charge in [-0.05, 0) is 25.3 Å². The van der Waals surface area contributed by atoms with Crippen molar-refractivity contribution in [2.75, 3.05) is 6.61 Å². The average molecular weight is 272 g/mol. The van der Waals surface area contributed by atoms with E-state index in [0.29, 0.717) is 6.42 Å². The van der Waals surface area contributed by atoms with Crippen LogP contribution in [0.3, 0.4) is 0 Å². The maximum absolute atomic E-state index is 12.5. The summed E-state index contributed by atoms with van der Waals surface area (Å²) in [5.74, 6) is 0.992. The van der Waals surface area contributed by atoms with Crippen molar-refractivity contribution in [1.82, 2.24) is 0 Å². The molecular formula is C17H20O3. The molecule has 1 aliphatic rings. The van der Waals surface area contributed by atoms with E-state index in [9.17, 15) is 4.79 Å². The molecule has 1 saturated heterocycles. The van der Waals surface area contributed by atoms with Gasteiger partial charge in [0.2, 0.25) is 0 Å². The average Bonchev–Trinajstić information content (AvgIpc) is 3.11. The van der Waals surface area contributed by atoms with Gasteiger partial charge < -0.3 is 9.15 Å². The first kappa shape index (κ1) is 13.4. The van der Waals surface area contributed by atoms with Gasteiger partial charge in [0.05, 0.1) is 11.7 Å². The fourth-order valence-electron chi connectivity index (χ4n) is 2.94. The highest BCUT2D eigenvalue weighted by atomic mass is 16.5. The molecule has 1 aliphatic heterocycles. The number of carbonyl (C=O) groups excluding carboxylic acids is 1. The summed E-state index contributed by atoms with van der Waals surface area (Å²) in [7, 11) is 0. The fraction of sp³-hybridized carbons (Fsp3) is 0.471. The van der Waals surface area contributed by atoms with Crippen LogP contribution in [0.1, 0.15) is 48.7 Å². The van der Waals surface area contributed by atoms with E-state index in [-0.39, 0.29) is 11.9 Å². The Kier molecular flexibility index (Phi) is 3.88. The molecule has 0 radical (unpaired) electrons. The van der Waals surface area contributed by atoms with Crippen molar-refractivity contribution >= 4 is 16.8 Å². The molecule has 0 aliphatic carbocycles. The van der Waals surface area contributed by atoms with E-state index in [0.717, 1.165) is 54.6 Å². The van der Waals surface area contributed by atoms with Gasteiger partial charge in [0.25, 0.3) is 0 Å². The third-order valence-electron chi connectivity index (χ3n) is 3.99. The lowest BCUT2D eigenvalue weighted by Gasteiger charge is -2.08. The summed E-state index contributed by atoms with van der Waals surface area (Å²) in [6.07, 6.45) is 4.58. The van der Waals surface area contributed by atoms with Crippen LogP contribution in [0.25, 0.3) is 11.0 Å². The van der Waals surface area contributed by atoms with E-state index < -0.39 is 0 Å². The van der Waals surface area contributed by atoms with Crippen LogP contribution in [-0.4, -0.2) is 18.5 Å². The first-order valence-electron chi connectivity index (χ1n) is 7.44. The summed E-state index contributed by atoms with van der Waals surface area (Å²) < 4.78 is 11.4. The van der Waals surface area contributed by atoms with Crippen molar-refractivity contribution in [2.45, 2.75) is 45.1 Å². The Hall–Kier alpha value is -1.61. The van der Waals surface area contributed by atoms with Crippen LogP contribution in [0.5, 0.6) is 0 Å². The third-order valence-corrected chi connectivity index (χ3v) is 3.99. The molecular weight excluding hydrogens is 252 g/mol. The molecule has 2 heterocycles. The van der Waals surface area contributed by atoms with Crippen LogP contribution >= 0.6 is 0 Å². The number of ketones is 1. The number of benzene rings is 1. The molecule has 106 valence electrons. The van der Waals surface area contributed by atoms with Crippen LogP contribution in [0.4, 0.5) is 0 Å². The van der Waals surface area contributed by atoms with Crippen molar-refractivity contribution in [2.24, 2.45) is 0 Å². The molecule has 0 N–H and O–H groups in total. The molecule has 0 amide bonds. The number of carbonyl (C=O) groups is 1. The summed E-state index contributed by atoms with van der Waals surface area (Å²) in [5.41, 5.74) is 1.59. The summed E-state index contributed by atoms with van der Waals surface area (Å²) in [4.78, 5) is 12.5. The second-order valence-corrected chi connectivity index (χ2v) is 5.35. The maximum atomic E-state index is 12.5. The predicted molar refractivity (Wildman–Crippen MR) is 78.1 cm³/mol. The largest absolute Gasteiger partial charge is 0.460 e. The van der Waals surface area contributed by atoms with Crippen LogP contribution in [0, 0.1) is 0 Å². The number of hydrogen-bond donors (Lipinski definition) is 0. The van der Waals surface area contributed by atoms with E-state index in [1.165, 1.54) is 0 Å². The first-order valence-corrected chi connectivity index (χ1v) is 7.44. The van der Waals surface area contributed by atoms with Crippen molar-refractivity contribution in [1.29, 1.82) is 0 Å². The molecule has 0 bridgehead atoms. The van der Waals surface area contributed by atoms with Gasteiger partial charge in [0, 0.05) is 24.8 Å². The zero-order chi connectivity index (χ0) is 13.9. The zero-order valence-corrected chi connectivity index (χ0v) is 11.9. The second-order valence-electron chi connectivity index (χ2n) is 5.35. The highest BCUT2D eigenvalue weighted by Gasteiger charge is 2.22. The normalized spacial score (nSPS) is 18.8. The molecule has 3 rings (SSSR count). The molecule has 20 heavy (non-hydrogen) atoms. The highest BCUT2D eigenvalue weighted by Crippen LogP contribution is 2.28. The van der Waals surface area contributed by atoms with Crippen LogP contribution < -0.4 is 0 Å². The van der Waals surface area contributed by atoms with Gasteiger partial charge in [-0.2, -0.15) is 0 Å². The van der Waals surface area contributed by atoms with E-state index in [1.54, 1.807) is 0 Å². The highest BCUT2D eigenvalue weighted by molar-refractivity contribution is 6.08. The van der Waals surface area contributed by atoms with E-state index >= 15 is 0 Å². The molecule has 1 aromatic heterocycles. The van der Waals surface area contributed by atoms with Gasteiger partial charge >= 0.3 is 0 Å². The number of ether oxygens (including phenoxy) is 1. The Morgan fingerprint density at radius 2 is 2.20 bits per heavy atom. The molecule has 1 aromatic carbocycles. The minimum absolute atomic E-state index is 0.183. The van der Waals surface area contributed by atoms with E-state index in [1.807, 2.05) is 31.2 Å². The molecule has 3 heteroatoms. The number of hydrogen-bond acceptors (Lipinski definition) is 3. The standard InChI is InChI=1S/C17H20O3/c1-2-15-17(13-7-3-4-8-16(13)20-15)14(18)10-9-12-6-5-11-19-12/h3-4,7-8,12H,2,5-6,9-11H2,1H3. The Morgan fingerprint density at radius 1 is 1.35 bits per heavy atom. The number of furan rings is 1. The fourth-order valence-corrected chi connectivity index (χ4v) is 2.94. The van der Waals surface area contributed by atoms with Gasteiger partial charge in [-0.1, -0.05) is 25.1 Å². The molecule has 1 unspecified atom stereocenters. The smallest absolute Gasteiger partial charge is 0.167 e. The maximum Gasteiger partial charge on any atom is 0.167 e. The van der Waals surface area contributed by atoms with Crippen LogP contribution in [0.2, 0.25) is 0 Å². The SMILES string of the molecule is CCc1oc2ccccc2c1C(=O)CCC1CCCO1. The van der Waals surface area contributed by atoms with Gasteiger partial charge in [-0.3, -0.25) is 4.79 Å². The molecule has 3 nitrogen and oxygen atoms in total. The Labute approximate surface area is 118 Å². The Bertz CT molecular complexity index is 606. The number of fused-ring (bicyclic) bond motifs is 1. The number of rotatable bonds is 5. The zero-order valence-electron chi connectivity index (χ0n) is 11.9. The predicted octanol–water partition coefficient (Wildman–Crippen LogP) is 4.14. The molecule has 0 spiro atoms. The first-order chi connectivity index (χ1) is 9.79. The van der Waals surface area contributed by atoms with Crippen molar-refractivity contribution in [3.63, 3.8) is 0 Å². The lowest BCUT2D eigenvalue weighted by atomic mass is 10.00. The Morgan fingerprint density at radius 3 is 2.95 bits per heavy atom. The lowest BCUT2D eigenvalue weighted by Crippen LogP contribution is -2.09. The third kappa shape index (κ3) is 2.50. The van der Waals surface area contributed by atoms with Gasteiger partial charge in [0.15, 0.2) is 5.78 Å². The number of aryl methyl sites for hydroxylation is 1. The molecule has 2 aromatic rings. The summed E-state index contributed by atoms with van der Waals surface area (Å²) in [5, 5.41) is 0.946. The van der Waals surface area contributed by atoms with Gasteiger partial charge in [-0.25, -0.2) is 0 Å². The van der Waals surface area contributed by atoms with E-state index in [2.05, 4.69) is 0 Å². The van der Waals surface area contributed by atoms with Crippen LogP contribution in [0.15, 0.2) is 28.7 Å². The van der Waals surface area contributed by atoms with Gasteiger partial charge in [-0.15, -0.1) is 0 Å². The molecule has 0 saturated carbocycles.